The number of rotatable bonds is 7. The largest absolute Gasteiger partial charge is 0.481 e. The minimum absolute atomic E-state index is 0.453. The molecule has 2 rings (SSSR count). The van der Waals surface area contributed by atoms with Crippen LogP contribution >= 0.6 is 11.6 Å². The molecule has 0 aliphatic carbocycles. The van der Waals surface area contributed by atoms with E-state index in [-0.39, 0.29) is 0 Å². The molecule has 1 N–H and O–H groups in total. The molecular formula is C23H28ClNO2. The van der Waals surface area contributed by atoms with Crippen LogP contribution in [0, 0.1) is 5.41 Å². The Labute approximate surface area is 166 Å². The summed E-state index contributed by atoms with van der Waals surface area (Å²) in [5.74, 6) is -0.798. The summed E-state index contributed by atoms with van der Waals surface area (Å²) in [6.07, 6.45) is 5.42. The first-order chi connectivity index (χ1) is 12.6. The zero-order valence-corrected chi connectivity index (χ0v) is 17.3. The molecule has 0 atom stereocenters. The maximum Gasteiger partial charge on any atom is 0.309 e. The molecule has 0 spiro atoms. The fourth-order valence-electron chi connectivity index (χ4n) is 2.95. The molecule has 0 bridgehead atoms. The first-order valence-electron chi connectivity index (χ1n) is 9.10. The molecule has 1 aromatic heterocycles. The summed E-state index contributed by atoms with van der Waals surface area (Å²) in [5.41, 5.74) is 2.55. The Morgan fingerprint density at radius 2 is 1.89 bits per heavy atom. The van der Waals surface area contributed by atoms with Crippen molar-refractivity contribution in [2.75, 3.05) is 0 Å². The molecule has 0 unspecified atom stereocenters. The molecule has 1 aromatic carbocycles. The molecule has 0 saturated carbocycles. The predicted molar refractivity (Wildman–Crippen MR) is 113 cm³/mol. The normalized spacial score (nSPS) is 12.3. The topological polar surface area (TPSA) is 42.2 Å². The number of allylic oxidation sites excluding steroid dienone is 2. The van der Waals surface area contributed by atoms with Crippen molar-refractivity contribution in [3.63, 3.8) is 0 Å². The predicted octanol–water partition coefficient (Wildman–Crippen LogP) is 4.19. The number of carboxylic acids is 1. The summed E-state index contributed by atoms with van der Waals surface area (Å²) in [7, 11) is 0. The van der Waals surface area contributed by atoms with Crippen molar-refractivity contribution in [3.05, 3.63) is 68.8 Å². The zero-order valence-electron chi connectivity index (χ0n) is 16.6. The molecule has 0 aliphatic heterocycles. The van der Waals surface area contributed by atoms with Crippen LogP contribution in [0.5, 0.6) is 0 Å². The average molecular weight is 386 g/mol. The van der Waals surface area contributed by atoms with Crippen LogP contribution in [0.2, 0.25) is 5.02 Å². The van der Waals surface area contributed by atoms with Gasteiger partial charge in [-0.2, -0.15) is 0 Å². The van der Waals surface area contributed by atoms with Crippen molar-refractivity contribution >= 4 is 30.2 Å². The monoisotopic (exact) mass is 385 g/mol. The SMILES string of the molecule is C=c1cc(CC(C)(C)C(=O)O)n(CCc2ccc(Cl)cc2)/c1=C/C=C(C)C. The molecule has 0 saturated heterocycles. The Kier molecular flexibility index (Phi) is 6.72. The smallest absolute Gasteiger partial charge is 0.309 e. The van der Waals surface area contributed by atoms with Gasteiger partial charge in [0.25, 0.3) is 0 Å². The lowest BCUT2D eigenvalue weighted by atomic mass is 9.88. The minimum atomic E-state index is -0.837. The third kappa shape index (κ3) is 5.61. The summed E-state index contributed by atoms with van der Waals surface area (Å²) >= 11 is 5.98. The van der Waals surface area contributed by atoms with Crippen molar-refractivity contribution in [1.82, 2.24) is 4.57 Å². The molecule has 144 valence electrons. The lowest BCUT2D eigenvalue weighted by Crippen LogP contribution is -2.31. The quantitative estimate of drug-likeness (QED) is 0.776. The zero-order chi connectivity index (χ0) is 20.2. The summed E-state index contributed by atoms with van der Waals surface area (Å²) in [6, 6.07) is 9.85. The van der Waals surface area contributed by atoms with Crippen LogP contribution in [0.4, 0.5) is 0 Å². The number of hydrogen-bond acceptors (Lipinski definition) is 1. The van der Waals surface area contributed by atoms with Crippen molar-refractivity contribution < 1.29 is 9.90 Å². The highest BCUT2D eigenvalue weighted by atomic mass is 35.5. The standard InChI is InChI=1S/C23H28ClNO2/c1-16(2)6-11-21-17(3)14-20(15-23(4,5)22(26)27)25(21)13-12-18-7-9-19(24)10-8-18/h6-11,14H,3,12-13,15H2,1-2,4-5H3,(H,26,27)/b21-11+. The highest BCUT2D eigenvalue weighted by Gasteiger charge is 2.28. The number of nitrogens with zero attached hydrogens (tertiary/aromatic N) is 1. The van der Waals surface area contributed by atoms with Gasteiger partial charge >= 0.3 is 5.97 Å². The Morgan fingerprint density at radius 3 is 2.44 bits per heavy atom. The van der Waals surface area contributed by atoms with Crippen LogP contribution in [-0.2, 0) is 24.2 Å². The maximum atomic E-state index is 11.6. The van der Waals surface area contributed by atoms with Crippen LogP contribution in [-0.4, -0.2) is 15.6 Å². The highest BCUT2D eigenvalue weighted by Crippen LogP contribution is 2.21. The van der Waals surface area contributed by atoms with Gasteiger partial charge < -0.3 is 9.67 Å². The van der Waals surface area contributed by atoms with E-state index < -0.39 is 11.4 Å². The first kappa shape index (κ1) is 21.0. The second kappa shape index (κ2) is 8.62. The van der Waals surface area contributed by atoms with Crippen molar-refractivity contribution in [2.45, 2.75) is 47.1 Å². The Hall–Kier alpha value is -2.26. The van der Waals surface area contributed by atoms with E-state index in [0.717, 1.165) is 34.2 Å². The van der Waals surface area contributed by atoms with Gasteiger partial charge in [-0.05, 0) is 69.2 Å². The number of aryl methyl sites for hydroxylation is 1. The van der Waals surface area contributed by atoms with E-state index in [2.05, 4.69) is 37.1 Å². The van der Waals surface area contributed by atoms with E-state index in [4.69, 9.17) is 11.6 Å². The van der Waals surface area contributed by atoms with Gasteiger partial charge in [-0.1, -0.05) is 42.0 Å². The van der Waals surface area contributed by atoms with Crippen LogP contribution < -0.4 is 10.6 Å². The number of aromatic nitrogens is 1. The molecule has 3 nitrogen and oxygen atoms in total. The van der Waals surface area contributed by atoms with E-state index in [1.54, 1.807) is 13.8 Å². The lowest BCUT2D eigenvalue weighted by molar-refractivity contribution is -0.146. The Bertz CT molecular complexity index is 945. The van der Waals surface area contributed by atoms with Gasteiger partial charge in [0.15, 0.2) is 0 Å². The van der Waals surface area contributed by atoms with Gasteiger partial charge in [-0.25, -0.2) is 0 Å². The van der Waals surface area contributed by atoms with E-state index in [0.29, 0.717) is 6.42 Å². The summed E-state index contributed by atoms with van der Waals surface area (Å²) in [6.45, 7) is 12.5. The minimum Gasteiger partial charge on any atom is -0.481 e. The summed E-state index contributed by atoms with van der Waals surface area (Å²) < 4.78 is 2.20. The maximum absolute atomic E-state index is 11.6. The molecule has 1 heterocycles. The van der Waals surface area contributed by atoms with Crippen LogP contribution in [0.3, 0.4) is 0 Å². The van der Waals surface area contributed by atoms with E-state index >= 15 is 0 Å². The number of benzene rings is 1. The molecular weight excluding hydrogens is 358 g/mol. The molecule has 0 aliphatic rings. The third-order valence-corrected chi connectivity index (χ3v) is 4.87. The summed E-state index contributed by atoms with van der Waals surface area (Å²) in [5, 5.41) is 12.2. The number of hydrogen-bond donors (Lipinski definition) is 1. The van der Waals surface area contributed by atoms with Crippen LogP contribution in [0.25, 0.3) is 12.7 Å². The van der Waals surface area contributed by atoms with Crippen molar-refractivity contribution in [1.29, 1.82) is 0 Å². The van der Waals surface area contributed by atoms with Gasteiger partial charge in [0.2, 0.25) is 0 Å². The van der Waals surface area contributed by atoms with Crippen molar-refractivity contribution in [2.24, 2.45) is 5.41 Å². The second-order valence-corrected chi connectivity index (χ2v) is 8.29. The van der Waals surface area contributed by atoms with E-state index in [1.807, 2.05) is 30.3 Å². The molecule has 4 heteroatoms. The second-order valence-electron chi connectivity index (χ2n) is 7.85. The Balaban J connectivity index is 2.44. The van der Waals surface area contributed by atoms with Gasteiger partial charge in [0.1, 0.15) is 0 Å². The third-order valence-electron chi connectivity index (χ3n) is 4.62. The van der Waals surface area contributed by atoms with Gasteiger partial charge in [0.05, 0.1) is 5.41 Å². The summed E-state index contributed by atoms with van der Waals surface area (Å²) in [4.78, 5) is 11.6. The van der Waals surface area contributed by atoms with Crippen LogP contribution in [0.15, 0.2) is 42.0 Å². The Morgan fingerprint density at radius 1 is 1.26 bits per heavy atom. The molecule has 27 heavy (non-hydrogen) atoms. The molecule has 2 aromatic rings. The number of carbonyl (C=O) groups is 1. The number of aliphatic carboxylic acids is 1. The highest BCUT2D eigenvalue weighted by molar-refractivity contribution is 6.30. The first-order valence-corrected chi connectivity index (χ1v) is 9.48. The fraction of sp³-hybridized carbons (Fsp3) is 0.348. The molecule has 0 amide bonds. The van der Waals surface area contributed by atoms with E-state index in [1.165, 1.54) is 11.1 Å². The lowest BCUT2D eigenvalue weighted by Gasteiger charge is -2.20. The van der Waals surface area contributed by atoms with Crippen molar-refractivity contribution in [3.8, 4) is 0 Å². The van der Waals surface area contributed by atoms with Crippen LogP contribution in [0.1, 0.15) is 39.0 Å². The number of halogens is 1. The fourth-order valence-corrected chi connectivity index (χ4v) is 3.08. The molecule has 0 radical (unpaired) electrons. The van der Waals surface area contributed by atoms with Gasteiger partial charge in [-0.3, -0.25) is 4.79 Å². The number of carboxylic acid groups (broad SMARTS) is 1. The van der Waals surface area contributed by atoms with Gasteiger partial charge in [0, 0.05) is 29.0 Å². The molecule has 0 fully saturated rings. The average Bonchev–Trinajstić information content (AvgIpc) is 2.86. The van der Waals surface area contributed by atoms with Gasteiger partial charge in [-0.15, -0.1) is 0 Å². The van der Waals surface area contributed by atoms with E-state index in [9.17, 15) is 9.90 Å².